The molecule has 2 fully saturated rings. The van der Waals surface area contributed by atoms with Crippen LogP contribution in [0.2, 0.25) is 0 Å². The van der Waals surface area contributed by atoms with Crippen LogP contribution in [0, 0.1) is 19.3 Å². The van der Waals surface area contributed by atoms with E-state index in [1.165, 1.54) is 0 Å². The Morgan fingerprint density at radius 2 is 1.33 bits per heavy atom. The molecule has 0 aliphatic heterocycles. The molecule has 318 valence electrons. The highest BCUT2D eigenvalue weighted by molar-refractivity contribution is 6.04. The molecule has 2 atom stereocenters. The van der Waals surface area contributed by atoms with Crippen LogP contribution in [0.25, 0.3) is 11.1 Å². The minimum Gasteiger partial charge on any atom is -0.466 e. The number of esters is 2. The van der Waals surface area contributed by atoms with Crippen molar-refractivity contribution in [2.45, 2.75) is 110 Å². The third-order valence-corrected chi connectivity index (χ3v) is 12.0. The van der Waals surface area contributed by atoms with Gasteiger partial charge in [0.05, 0.1) is 31.8 Å². The molecule has 2 aromatic carbocycles. The summed E-state index contributed by atoms with van der Waals surface area (Å²) in [6.07, 6.45) is 8.55. The molecule has 0 unspecified atom stereocenters. The van der Waals surface area contributed by atoms with Crippen molar-refractivity contribution in [1.29, 1.82) is 0 Å². The lowest BCUT2D eigenvalue weighted by Gasteiger charge is -2.26. The fraction of sp³-hybridized carbons (Fsp3) is 0.458. The Hall–Kier alpha value is -5.30. The van der Waals surface area contributed by atoms with Gasteiger partial charge in [-0.05, 0) is 160 Å². The average molecular weight is 819 g/mol. The van der Waals surface area contributed by atoms with E-state index < -0.39 is 29.5 Å². The number of aliphatic hydroxyl groups is 2. The van der Waals surface area contributed by atoms with Crippen LogP contribution in [0.3, 0.4) is 0 Å². The van der Waals surface area contributed by atoms with Crippen molar-refractivity contribution in [3.8, 4) is 11.1 Å². The van der Waals surface area contributed by atoms with Crippen molar-refractivity contribution in [2.75, 3.05) is 31.7 Å². The second kappa shape index (κ2) is 19.0. The first-order chi connectivity index (χ1) is 28.7. The van der Waals surface area contributed by atoms with Crippen LogP contribution >= 0.6 is 0 Å². The standard InChI is InChI=1S/C48H58N4O8/c1-7-59-45(57)47(5,27-53)20-19-34-24-50-42(23-38(34)31-15-16-31)44(56)52-40-14-10-13-37(30(40)4)36-12-9-11-33(29(36)3)21-43(55)41-22-39(32-17-18-32)35(25-49-41)26-51-48(6,28-54)46(58)60-8-2/h9-14,22-25,31-32,51,53-54H,7-8,15-21,26-28H2,1-6H3,(H,52,56)/t47-,48-/m1/s1. The van der Waals surface area contributed by atoms with E-state index in [4.69, 9.17) is 9.47 Å². The third-order valence-electron chi connectivity index (χ3n) is 12.0. The molecule has 12 nitrogen and oxygen atoms in total. The van der Waals surface area contributed by atoms with Gasteiger partial charge in [0.1, 0.15) is 16.9 Å². The molecular weight excluding hydrogens is 761 g/mol. The number of amides is 1. The van der Waals surface area contributed by atoms with Gasteiger partial charge in [0.2, 0.25) is 0 Å². The van der Waals surface area contributed by atoms with Gasteiger partial charge in [-0.2, -0.15) is 0 Å². The highest BCUT2D eigenvalue weighted by Gasteiger charge is 2.36. The molecule has 4 N–H and O–H groups in total. The maximum absolute atomic E-state index is 13.8. The van der Waals surface area contributed by atoms with Crippen molar-refractivity contribution in [2.24, 2.45) is 5.41 Å². The molecule has 0 bridgehead atoms. The van der Waals surface area contributed by atoms with Crippen LogP contribution in [0.15, 0.2) is 60.9 Å². The predicted molar refractivity (Wildman–Crippen MR) is 229 cm³/mol. The van der Waals surface area contributed by atoms with Crippen molar-refractivity contribution in [3.05, 3.63) is 111 Å². The molecule has 12 heteroatoms. The summed E-state index contributed by atoms with van der Waals surface area (Å²) in [6.45, 7) is 10.8. The molecule has 4 aromatic rings. The van der Waals surface area contributed by atoms with Crippen LogP contribution in [0.1, 0.15) is 132 Å². The number of carbonyl (C=O) groups excluding carboxylic acids is 4. The number of ketones is 1. The fourth-order valence-electron chi connectivity index (χ4n) is 7.59. The van der Waals surface area contributed by atoms with Crippen molar-refractivity contribution < 1.29 is 38.9 Å². The van der Waals surface area contributed by atoms with Gasteiger partial charge in [-0.1, -0.05) is 30.3 Å². The lowest BCUT2D eigenvalue weighted by atomic mass is 9.84. The summed E-state index contributed by atoms with van der Waals surface area (Å²) < 4.78 is 10.4. The van der Waals surface area contributed by atoms with Crippen LogP contribution < -0.4 is 10.6 Å². The number of nitrogens with one attached hydrogen (secondary N) is 2. The lowest BCUT2D eigenvalue weighted by Crippen LogP contribution is -2.53. The van der Waals surface area contributed by atoms with Gasteiger partial charge in [0.25, 0.3) is 5.91 Å². The Bertz CT molecular complexity index is 2090. The van der Waals surface area contributed by atoms with Crippen LogP contribution in [-0.2, 0) is 38.4 Å². The van der Waals surface area contributed by atoms with Gasteiger partial charge in [0, 0.05) is 31.0 Å². The minimum atomic E-state index is -1.26. The van der Waals surface area contributed by atoms with Gasteiger partial charge in [-0.25, -0.2) is 4.79 Å². The van der Waals surface area contributed by atoms with E-state index in [9.17, 15) is 29.4 Å². The number of benzene rings is 2. The van der Waals surface area contributed by atoms with Gasteiger partial charge in [0.15, 0.2) is 5.78 Å². The quantitative estimate of drug-likeness (QED) is 0.0529. The van der Waals surface area contributed by atoms with Crippen molar-refractivity contribution in [3.63, 3.8) is 0 Å². The number of hydrogen-bond acceptors (Lipinski definition) is 11. The Morgan fingerprint density at radius 1 is 0.750 bits per heavy atom. The van der Waals surface area contributed by atoms with Gasteiger partial charge < -0.3 is 25.0 Å². The number of ether oxygens (including phenoxy) is 2. The molecule has 1 amide bonds. The van der Waals surface area contributed by atoms with E-state index in [-0.39, 0.29) is 37.9 Å². The maximum Gasteiger partial charge on any atom is 0.328 e. The molecule has 0 saturated heterocycles. The van der Waals surface area contributed by atoms with Crippen LogP contribution in [0.4, 0.5) is 5.69 Å². The normalized spacial score (nSPS) is 15.7. The Morgan fingerprint density at radius 3 is 1.97 bits per heavy atom. The number of pyridine rings is 2. The van der Waals surface area contributed by atoms with Gasteiger partial charge >= 0.3 is 11.9 Å². The number of Topliss-reactive ketones (excluding diaryl/α,β-unsaturated/α-hetero) is 1. The molecule has 2 aliphatic carbocycles. The molecule has 60 heavy (non-hydrogen) atoms. The minimum absolute atomic E-state index is 0.105. The SMILES string of the molecule is CCOC(=O)[C@@](C)(CO)CCc1cnc(C(=O)Nc2cccc(-c3cccc(CC(=O)c4cc(C5CC5)c(CN[C@](C)(CO)C(=O)OCC)cn4)c3C)c2C)cc1C1CC1. The zero-order valence-electron chi connectivity index (χ0n) is 35.7. The summed E-state index contributed by atoms with van der Waals surface area (Å²) in [6, 6.07) is 15.4. The zero-order valence-corrected chi connectivity index (χ0v) is 35.7. The second-order valence-corrected chi connectivity index (χ2v) is 16.7. The van der Waals surface area contributed by atoms with Gasteiger partial charge in [-0.15, -0.1) is 0 Å². The number of aryl methyl sites for hydroxylation is 1. The highest BCUT2D eigenvalue weighted by atomic mass is 16.5. The fourth-order valence-corrected chi connectivity index (χ4v) is 7.59. The molecule has 2 heterocycles. The first-order valence-corrected chi connectivity index (χ1v) is 21.1. The summed E-state index contributed by atoms with van der Waals surface area (Å²) in [5.74, 6) is -0.739. The Balaban J connectivity index is 1.16. The third kappa shape index (κ3) is 10.00. The Kier molecular flexibility index (Phi) is 14.0. The van der Waals surface area contributed by atoms with E-state index in [1.54, 1.807) is 40.1 Å². The predicted octanol–water partition coefficient (Wildman–Crippen LogP) is 7.09. The number of carbonyl (C=O) groups is 4. The number of anilines is 1. The molecule has 2 saturated carbocycles. The molecule has 2 aliphatic rings. The summed E-state index contributed by atoms with van der Waals surface area (Å²) in [5, 5.41) is 26.2. The molecule has 6 rings (SSSR count). The summed E-state index contributed by atoms with van der Waals surface area (Å²) in [7, 11) is 0. The number of rotatable bonds is 20. The first kappa shape index (κ1) is 44.3. The molecule has 2 aromatic heterocycles. The topological polar surface area (TPSA) is 177 Å². The smallest absolute Gasteiger partial charge is 0.328 e. The number of nitrogens with zero attached hydrogens (tertiary/aromatic N) is 2. The van der Waals surface area contributed by atoms with E-state index in [0.29, 0.717) is 48.3 Å². The van der Waals surface area contributed by atoms with Crippen molar-refractivity contribution in [1.82, 2.24) is 15.3 Å². The largest absolute Gasteiger partial charge is 0.466 e. The lowest BCUT2D eigenvalue weighted by molar-refractivity contribution is -0.157. The van der Waals surface area contributed by atoms with Crippen LogP contribution in [0.5, 0.6) is 0 Å². The summed E-state index contributed by atoms with van der Waals surface area (Å²) in [5.41, 5.74) is 7.56. The van der Waals surface area contributed by atoms with Crippen molar-refractivity contribution >= 4 is 29.3 Å². The molecular formula is C48H58N4O8. The monoisotopic (exact) mass is 818 g/mol. The zero-order chi connectivity index (χ0) is 43.2. The van der Waals surface area contributed by atoms with Gasteiger partial charge in [-0.3, -0.25) is 29.7 Å². The van der Waals surface area contributed by atoms with E-state index in [1.807, 2.05) is 62.4 Å². The summed E-state index contributed by atoms with van der Waals surface area (Å²) in [4.78, 5) is 61.7. The number of aliphatic hydroxyl groups excluding tert-OH is 2. The van der Waals surface area contributed by atoms with E-state index >= 15 is 0 Å². The average Bonchev–Trinajstić information content (AvgIpc) is 4.19. The first-order valence-electron chi connectivity index (χ1n) is 21.1. The second-order valence-electron chi connectivity index (χ2n) is 16.7. The summed E-state index contributed by atoms with van der Waals surface area (Å²) >= 11 is 0. The highest BCUT2D eigenvalue weighted by Crippen LogP contribution is 2.43. The number of hydrogen-bond donors (Lipinski definition) is 4. The van der Waals surface area contributed by atoms with E-state index in [2.05, 4.69) is 20.6 Å². The molecule has 0 radical (unpaired) electrons. The molecule has 0 spiro atoms. The Labute approximate surface area is 352 Å². The number of aromatic nitrogens is 2. The maximum atomic E-state index is 13.8. The van der Waals surface area contributed by atoms with E-state index in [0.717, 1.165) is 75.8 Å². The van der Waals surface area contributed by atoms with Crippen LogP contribution in [-0.4, -0.2) is 75.8 Å².